The molecule has 13 heavy (non-hydrogen) atoms. The number of nitrogens with one attached hydrogen (secondary N) is 1. The lowest BCUT2D eigenvalue weighted by molar-refractivity contribution is -0.126. The molecule has 0 atom stereocenters. The first-order valence-corrected chi connectivity index (χ1v) is 4.74. The maximum atomic E-state index is 11.0. The van der Waals surface area contributed by atoms with E-state index in [-0.39, 0.29) is 12.5 Å². The molecule has 0 aromatic rings. The average molecular weight is 210 g/mol. The first-order valence-electron chi connectivity index (χ1n) is 4.20. The number of halogens is 1. The van der Waals surface area contributed by atoms with Crippen LogP contribution in [-0.2, 0) is 14.3 Å². The molecule has 0 bridgehead atoms. The van der Waals surface area contributed by atoms with Gasteiger partial charge in [0.2, 0.25) is 5.91 Å². The van der Waals surface area contributed by atoms with E-state index in [9.17, 15) is 4.79 Å². The van der Waals surface area contributed by atoms with Gasteiger partial charge in [-0.2, -0.15) is 0 Å². The Labute approximate surface area is 83.5 Å². The van der Waals surface area contributed by atoms with E-state index in [1.165, 1.54) is 0 Å². The van der Waals surface area contributed by atoms with Crippen molar-refractivity contribution in [1.82, 2.24) is 5.32 Å². The van der Waals surface area contributed by atoms with Crippen LogP contribution >= 0.6 is 11.6 Å². The van der Waals surface area contributed by atoms with E-state index in [4.69, 9.17) is 21.1 Å². The lowest BCUT2D eigenvalue weighted by Crippen LogP contribution is -2.29. The molecule has 0 unspecified atom stereocenters. The summed E-state index contributed by atoms with van der Waals surface area (Å²) in [5, 5.41) is 2.67. The molecule has 0 rings (SSSR count). The third kappa shape index (κ3) is 9.60. The molecule has 0 aromatic carbocycles. The smallest absolute Gasteiger partial charge is 0.246 e. The number of carbonyl (C=O) groups is 1. The van der Waals surface area contributed by atoms with E-state index < -0.39 is 0 Å². The number of carbonyl (C=O) groups excluding carboxylic acids is 1. The first-order chi connectivity index (χ1) is 6.31. The summed E-state index contributed by atoms with van der Waals surface area (Å²) in [5.74, 6) is 0.450. The van der Waals surface area contributed by atoms with Crippen molar-refractivity contribution >= 4 is 17.5 Å². The molecule has 0 radical (unpaired) electrons. The summed E-state index contributed by atoms with van der Waals surface area (Å²) in [6.07, 6.45) is 0.783. The molecule has 1 N–H and O–H groups in total. The SMILES string of the molecule is COCCOCC(=O)NCCCCl. The van der Waals surface area contributed by atoms with Gasteiger partial charge >= 0.3 is 0 Å². The van der Waals surface area contributed by atoms with Crippen molar-refractivity contribution in [2.45, 2.75) is 6.42 Å². The van der Waals surface area contributed by atoms with Crippen LogP contribution in [0, 0.1) is 0 Å². The monoisotopic (exact) mass is 209 g/mol. The van der Waals surface area contributed by atoms with Crippen molar-refractivity contribution in [3.63, 3.8) is 0 Å². The zero-order valence-corrected chi connectivity index (χ0v) is 8.60. The molecule has 0 aliphatic carbocycles. The molecule has 0 saturated carbocycles. The lowest BCUT2D eigenvalue weighted by atomic mass is 10.4. The summed E-state index contributed by atoms with van der Waals surface area (Å²) in [4.78, 5) is 11.0. The highest BCUT2D eigenvalue weighted by Crippen LogP contribution is 1.82. The highest BCUT2D eigenvalue weighted by Gasteiger charge is 1.98. The fourth-order valence-electron chi connectivity index (χ4n) is 0.653. The van der Waals surface area contributed by atoms with Crippen LogP contribution < -0.4 is 5.32 Å². The molecule has 0 fully saturated rings. The Kier molecular flexibility index (Phi) is 9.53. The summed E-state index contributed by atoms with van der Waals surface area (Å²) >= 11 is 5.43. The number of amides is 1. The van der Waals surface area contributed by atoms with Crippen molar-refractivity contribution in [3.8, 4) is 0 Å². The van der Waals surface area contributed by atoms with Gasteiger partial charge in [-0.05, 0) is 6.42 Å². The van der Waals surface area contributed by atoms with Gasteiger partial charge < -0.3 is 14.8 Å². The molecular formula is C8H16ClNO3. The topological polar surface area (TPSA) is 47.6 Å². The summed E-state index contributed by atoms with van der Waals surface area (Å²) in [7, 11) is 1.59. The van der Waals surface area contributed by atoms with E-state index >= 15 is 0 Å². The quantitative estimate of drug-likeness (QED) is 0.465. The number of alkyl halides is 1. The first kappa shape index (κ1) is 12.7. The minimum Gasteiger partial charge on any atom is -0.382 e. The van der Waals surface area contributed by atoms with Gasteiger partial charge in [0.05, 0.1) is 13.2 Å². The van der Waals surface area contributed by atoms with Crippen LogP contribution in [0.2, 0.25) is 0 Å². The predicted octanol–water partition coefficient (Wildman–Crippen LogP) is 0.394. The Morgan fingerprint density at radius 3 is 2.85 bits per heavy atom. The molecule has 78 valence electrons. The molecule has 0 spiro atoms. The van der Waals surface area contributed by atoms with Crippen LogP contribution in [0.1, 0.15) is 6.42 Å². The van der Waals surface area contributed by atoms with Gasteiger partial charge in [-0.1, -0.05) is 0 Å². The normalized spacial score (nSPS) is 10.0. The highest BCUT2D eigenvalue weighted by molar-refractivity contribution is 6.17. The van der Waals surface area contributed by atoms with Crippen molar-refractivity contribution in [1.29, 1.82) is 0 Å². The Balaban J connectivity index is 3.11. The molecule has 0 saturated heterocycles. The van der Waals surface area contributed by atoms with Crippen molar-refractivity contribution in [3.05, 3.63) is 0 Å². The second kappa shape index (κ2) is 9.77. The van der Waals surface area contributed by atoms with Gasteiger partial charge in [-0.25, -0.2) is 0 Å². The van der Waals surface area contributed by atoms with Gasteiger partial charge in [0.15, 0.2) is 0 Å². The predicted molar refractivity (Wildman–Crippen MR) is 51.0 cm³/mol. The Morgan fingerprint density at radius 2 is 2.23 bits per heavy atom. The summed E-state index contributed by atoms with van der Waals surface area (Å²) in [6, 6.07) is 0. The second-order valence-electron chi connectivity index (χ2n) is 2.44. The van der Waals surface area contributed by atoms with Crippen molar-refractivity contribution < 1.29 is 14.3 Å². The summed E-state index contributed by atoms with van der Waals surface area (Å²) in [5.41, 5.74) is 0. The molecule has 0 aliphatic rings. The van der Waals surface area contributed by atoms with Crippen LogP contribution in [-0.4, -0.2) is 45.3 Å². The van der Waals surface area contributed by atoms with Gasteiger partial charge in [0.25, 0.3) is 0 Å². The number of methoxy groups -OCH3 is 1. The van der Waals surface area contributed by atoms with Crippen LogP contribution in [0.5, 0.6) is 0 Å². The van der Waals surface area contributed by atoms with E-state index in [1.807, 2.05) is 0 Å². The molecule has 0 aromatic heterocycles. The molecule has 5 heteroatoms. The third-order valence-corrected chi connectivity index (χ3v) is 1.56. The number of rotatable bonds is 8. The maximum absolute atomic E-state index is 11.0. The van der Waals surface area contributed by atoms with Crippen molar-refractivity contribution in [2.75, 3.05) is 39.4 Å². The van der Waals surface area contributed by atoms with E-state index in [0.29, 0.717) is 25.6 Å². The largest absolute Gasteiger partial charge is 0.382 e. The standard InChI is InChI=1S/C8H16ClNO3/c1-12-5-6-13-7-8(11)10-4-2-3-9/h2-7H2,1H3,(H,10,11). The fraction of sp³-hybridized carbons (Fsp3) is 0.875. The van der Waals surface area contributed by atoms with Gasteiger partial charge in [-0.15, -0.1) is 11.6 Å². The molecule has 1 amide bonds. The zero-order valence-electron chi connectivity index (χ0n) is 7.85. The summed E-state index contributed by atoms with van der Waals surface area (Å²) < 4.78 is 9.74. The zero-order chi connectivity index (χ0) is 9.94. The summed E-state index contributed by atoms with van der Waals surface area (Å²) in [6.45, 7) is 1.65. The number of ether oxygens (including phenoxy) is 2. The maximum Gasteiger partial charge on any atom is 0.246 e. The number of hydrogen-bond acceptors (Lipinski definition) is 3. The van der Waals surface area contributed by atoms with E-state index in [0.717, 1.165) is 6.42 Å². The molecular weight excluding hydrogens is 194 g/mol. The third-order valence-electron chi connectivity index (χ3n) is 1.30. The van der Waals surface area contributed by atoms with Crippen LogP contribution in [0.25, 0.3) is 0 Å². The van der Waals surface area contributed by atoms with Gasteiger partial charge in [0, 0.05) is 19.5 Å². The lowest BCUT2D eigenvalue weighted by Gasteiger charge is -2.04. The Bertz CT molecular complexity index is 133. The van der Waals surface area contributed by atoms with Crippen LogP contribution in [0.15, 0.2) is 0 Å². The van der Waals surface area contributed by atoms with Crippen LogP contribution in [0.4, 0.5) is 0 Å². The van der Waals surface area contributed by atoms with E-state index in [2.05, 4.69) is 5.32 Å². The fourth-order valence-corrected chi connectivity index (χ4v) is 0.786. The Hall–Kier alpha value is -0.320. The van der Waals surface area contributed by atoms with Crippen LogP contribution in [0.3, 0.4) is 0 Å². The van der Waals surface area contributed by atoms with Gasteiger partial charge in [0.1, 0.15) is 6.61 Å². The minimum atomic E-state index is -0.110. The minimum absolute atomic E-state index is 0.0889. The molecule has 0 heterocycles. The Morgan fingerprint density at radius 1 is 1.46 bits per heavy atom. The highest BCUT2D eigenvalue weighted by atomic mass is 35.5. The van der Waals surface area contributed by atoms with Crippen molar-refractivity contribution in [2.24, 2.45) is 0 Å². The average Bonchev–Trinajstić information content (AvgIpc) is 2.13. The second-order valence-corrected chi connectivity index (χ2v) is 2.82. The number of hydrogen-bond donors (Lipinski definition) is 1. The van der Waals surface area contributed by atoms with Gasteiger partial charge in [-0.3, -0.25) is 4.79 Å². The molecule has 4 nitrogen and oxygen atoms in total. The van der Waals surface area contributed by atoms with E-state index in [1.54, 1.807) is 7.11 Å². The molecule has 0 aliphatic heterocycles.